The lowest BCUT2D eigenvalue weighted by molar-refractivity contribution is -0.115. The van der Waals surface area contributed by atoms with Crippen LogP contribution in [0, 0.1) is 34.6 Å². The number of hydrogen-bond donors (Lipinski definition) is 1. The number of amides is 1. The molecule has 1 aliphatic rings. The van der Waals surface area contributed by atoms with Gasteiger partial charge < -0.3 is 14.6 Å². The molecule has 0 bridgehead atoms. The normalized spacial score (nSPS) is 16.1. The minimum Gasteiger partial charge on any atom is -0.497 e. The van der Waals surface area contributed by atoms with Crippen LogP contribution in [0.1, 0.15) is 33.6 Å². The van der Waals surface area contributed by atoms with Gasteiger partial charge in [-0.1, -0.05) is 17.7 Å². The number of rotatable bonds is 4. The van der Waals surface area contributed by atoms with Crippen LogP contribution in [0.15, 0.2) is 52.4 Å². The summed E-state index contributed by atoms with van der Waals surface area (Å²) in [5, 5.41) is 3.44. The van der Waals surface area contributed by atoms with Crippen molar-refractivity contribution in [2.45, 2.75) is 34.6 Å². The van der Waals surface area contributed by atoms with Gasteiger partial charge in [0.05, 0.1) is 23.4 Å². The molecule has 2 aromatic carbocycles. The lowest BCUT2D eigenvalue weighted by atomic mass is 10.0. The minimum absolute atomic E-state index is 0.130. The molecule has 164 valence electrons. The van der Waals surface area contributed by atoms with E-state index in [-0.39, 0.29) is 5.91 Å². The number of nitrogens with one attached hydrogen (secondary N) is 1. The van der Waals surface area contributed by atoms with E-state index in [1.54, 1.807) is 7.11 Å². The quantitative estimate of drug-likeness (QED) is 0.507. The Labute approximate surface area is 193 Å². The summed E-state index contributed by atoms with van der Waals surface area (Å²) in [4.78, 5) is 17.8. The lowest BCUT2D eigenvalue weighted by Crippen LogP contribution is -2.19. The molecule has 0 atom stereocenters. The van der Waals surface area contributed by atoms with Crippen molar-refractivity contribution in [3.05, 3.63) is 81.0 Å². The standard InChI is InChI=1S/C26H27N3O2S/c1-15-11-16(2)24(17(3)12-15)29-18(4)13-20(19(29)5)14-23-25(30)28-26(32-23)27-21-7-9-22(31-6)10-8-21/h7-14H,1-6H3,(H,27,28,30)/b23-14+. The Morgan fingerprint density at radius 1 is 1.00 bits per heavy atom. The molecule has 1 aliphatic heterocycles. The third kappa shape index (κ3) is 4.23. The second kappa shape index (κ2) is 8.71. The molecule has 1 fully saturated rings. The Morgan fingerprint density at radius 2 is 1.66 bits per heavy atom. The number of carbonyl (C=O) groups is 1. The van der Waals surface area contributed by atoms with Crippen LogP contribution >= 0.6 is 11.8 Å². The van der Waals surface area contributed by atoms with Gasteiger partial charge in [0.1, 0.15) is 5.75 Å². The van der Waals surface area contributed by atoms with Crippen molar-refractivity contribution in [1.82, 2.24) is 9.88 Å². The second-order valence-electron chi connectivity index (χ2n) is 8.09. The maximum Gasteiger partial charge on any atom is 0.264 e. The van der Waals surface area contributed by atoms with E-state index in [2.05, 4.69) is 67.7 Å². The highest BCUT2D eigenvalue weighted by Gasteiger charge is 2.25. The summed E-state index contributed by atoms with van der Waals surface area (Å²) in [5.74, 6) is 0.641. The summed E-state index contributed by atoms with van der Waals surface area (Å²) in [6.07, 6.45) is 1.95. The topological polar surface area (TPSA) is 55.6 Å². The summed E-state index contributed by atoms with van der Waals surface area (Å²) in [6, 6.07) is 14.0. The minimum atomic E-state index is -0.130. The number of ether oxygens (including phenoxy) is 1. The lowest BCUT2D eigenvalue weighted by Gasteiger charge is -2.17. The highest BCUT2D eigenvalue weighted by Crippen LogP contribution is 2.32. The molecular formula is C26H27N3O2S. The smallest absolute Gasteiger partial charge is 0.264 e. The Balaban J connectivity index is 1.66. The monoisotopic (exact) mass is 445 g/mol. The first-order chi connectivity index (χ1) is 15.3. The van der Waals surface area contributed by atoms with Crippen molar-refractivity contribution in [2.75, 3.05) is 7.11 Å². The van der Waals surface area contributed by atoms with Crippen molar-refractivity contribution in [2.24, 2.45) is 4.99 Å². The van der Waals surface area contributed by atoms with Gasteiger partial charge in [-0.3, -0.25) is 4.79 Å². The van der Waals surface area contributed by atoms with Crippen LogP contribution in [0.25, 0.3) is 11.8 Å². The molecule has 6 heteroatoms. The molecule has 2 heterocycles. The number of nitrogens with zero attached hydrogens (tertiary/aromatic N) is 2. The summed E-state index contributed by atoms with van der Waals surface area (Å²) in [6.45, 7) is 10.6. The maximum atomic E-state index is 12.6. The molecule has 1 aromatic heterocycles. The Kier molecular flexibility index (Phi) is 5.98. The average Bonchev–Trinajstić information content (AvgIpc) is 3.21. The fourth-order valence-corrected chi connectivity index (χ4v) is 5.03. The Morgan fingerprint density at radius 3 is 2.28 bits per heavy atom. The number of carbonyl (C=O) groups excluding carboxylic acids is 1. The van der Waals surface area contributed by atoms with Crippen LogP contribution in [0.4, 0.5) is 5.69 Å². The zero-order chi connectivity index (χ0) is 23.0. The van der Waals surface area contributed by atoms with E-state index in [0.717, 1.165) is 28.4 Å². The second-order valence-corrected chi connectivity index (χ2v) is 9.12. The summed E-state index contributed by atoms with van der Waals surface area (Å²) >= 11 is 1.36. The molecule has 1 N–H and O–H groups in total. The molecule has 0 unspecified atom stereocenters. The summed E-state index contributed by atoms with van der Waals surface area (Å²) in [5.41, 5.74) is 9.00. The van der Waals surface area contributed by atoms with Crippen LogP contribution in [0.2, 0.25) is 0 Å². The van der Waals surface area contributed by atoms with E-state index in [1.807, 2.05) is 30.3 Å². The van der Waals surface area contributed by atoms with Gasteiger partial charge in [-0.25, -0.2) is 4.99 Å². The van der Waals surface area contributed by atoms with Crippen molar-refractivity contribution in [3.63, 3.8) is 0 Å². The van der Waals surface area contributed by atoms with Crippen molar-refractivity contribution < 1.29 is 9.53 Å². The SMILES string of the molecule is COc1ccc(N=C2NC(=O)/C(=C\c3cc(C)n(-c4c(C)cc(C)cc4C)c3C)S2)cc1. The predicted molar refractivity (Wildman–Crippen MR) is 133 cm³/mol. The molecule has 1 saturated heterocycles. The van der Waals surface area contributed by atoms with Crippen molar-refractivity contribution in [1.29, 1.82) is 0 Å². The third-order valence-corrected chi connectivity index (χ3v) is 6.48. The van der Waals surface area contributed by atoms with Crippen LogP contribution < -0.4 is 10.1 Å². The number of aryl methyl sites for hydroxylation is 4. The number of aromatic nitrogens is 1. The molecule has 1 amide bonds. The number of methoxy groups -OCH3 is 1. The molecule has 0 radical (unpaired) electrons. The number of thioether (sulfide) groups is 1. The highest BCUT2D eigenvalue weighted by atomic mass is 32.2. The summed E-state index contributed by atoms with van der Waals surface area (Å²) in [7, 11) is 1.63. The van der Waals surface area contributed by atoms with Gasteiger partial charge in [-0.15, -0.1) is 0 Å². The van der Waals surface area contributed by atoms with Gasteiger partial charge in [0.15, 0.2) is 5.17 Å². The maximum absolute atomic E-state index is 12.6. The largest absolute Gasteiger partial charge is 0.497 e. The van der Waals surface area contributed by atoms with Gasteiger partial charge in [0.25, 0.3) is 5.91 Å². The number of aliphatic imine (C=N–C) groups is 1. The Hall–Kier alpha value is -3.25. The van der Waals surface area contributed by atoms with E-state index in [9.17, 15) is 4.79 Å². The number of hydrogen-bond acceptors (Lipinski definition) is 4. The van der Waals surface area contributed by atoms with Gasteiger partial charge in [-0.2, -0.15) is 0 Å². The highest BCUT2D eigenvalue weighted by molar-refractivity contribution is 8.18. The molecule has 0 saturated carbocycles. The molecule has 5 nitrogen and oxygen atoms in total. The first-order valence-corrected chi connectivity index (χ1v) is 11.3. The first kappa shape index (κ1) is 22.0. The van der Waals surface area contributed by atoms with Crippen LogP contribution in [-0.4, -0.2) is 22.8 Å². The average molecular weight is 446 g/mol. The van der Waals surface area contributed by atoms with E-state index in [1.165, 1.54) is 34.1 Å². The molecule has 0 aliphatic carbocycles. The van der Waals surface area contributed by atoms with Crippen LogP contribution in [-0.2, 0) is 4.79 Å². The van der Waals surface area contributed by atoms with E-state index in [4.69, 9.17) is 4.74 Å². The van der Waals surface area contributed by atoms with Crippen LogP contribution in [0.3, 0.4) is 0 Å². The zero-order valence-corrected chi connectivity index (χ0v) is 20.1. The van der Waals surface area contributed by atoms with E-state index < -0.39 is 0 Å². The molecule has 0 spiro atoms. The first-order valence-electron chi connectivity index (χ1n) is 10.5. The zero-order valence-electron chi connectivity index (χ0n) is 19.2. The fourth-order valence-electron chi connectivity index (χ4n) is 4.20. The number of benzene rings is 2. The van der Waals surface area contributed by atoms with Gasteiger partial charge >= 0.3 is 0 Å². The van der Waals surface area contributed by atoms with Crippen molar-refractivity contribution in [3.8, 4) is 11.4 Å². The van der Waals surface area contributed by atoms with E-state index in [0.29, 0.717) is 10.1 Å². The van der Waals surface area contributed by atoms with Gasteiger partial charge in [-0.05, 0) is 99.5 Å². The van der Waals surface area contributed by atoms with Crippen molar-refractivity contribution >= 4 is 34.6 Å². The third-order valence-electron chi connectivity index (χ3n) is 5.57. The molecule has 32 heavy (non-hydrogen) atoms. The molecule has 4 rings (SSSR count). The predicted octanol–water partition coefficient (Wildman–Crippen LogP) is 5.92. The molecular weight excluding hydrogens is 418 g/mol. The van der Waals surface area contributed by atoms with Gasteiger partial charge in [0.2, 0.25) is 0 Å². The van der Waals surface area contributed by atoms with Gasteiger partial charge in [0, 0.05) is 11.4 Å². The summed E-state index contributed by atoms with van der Waals surface area (Å²) < 4.78 is 7.46. The molecule has 3 aromatic rings. The fraction of sp³-hybridized carbons (Fsp3) is 0.231. The number of amidine groups is 1. The Bertz CT molecular complexity index is 1240. The van der Waals surface area contributed by atoms with Crippen LogP contribution in [0.5, 0.6) is 5.75 Å². The van der Waals surface area contributed by atoms with E-state index >= 15 is 0 Å².